The van der Waals surface area contributed by atoms with Crippen LogP contribution in [0.15, 0.2) is 29.4 Å². The smallest absolute Gasteiger partial charge is 0.190 e. The van der Waals surface area contributed by atoms with E-state index in [1.54, 1.807) is 0 Å². The van der Waals surface area contributed by atoms with E-state index in [2.05, 4.69) is 63.9 Å². The van der Waals surface area contributed by atoms with Gasteiger partial charge in [-0.25, -0.2) is 0 Å². The van der Waals surface area contributed by atoms with Crippen LogP contribution in [0.1, 0.15) is 24.0 Å². The van der Waals surface area contributed by atoms with Gasteiger partial charge in [0.25, 0.3) is 0 Å². The fourth-order valence-electron chi connectivity index (χ4n) is 3.72. The molecule has 1 unspecified atom stereocenters. The number of aromatic nitrogens is 1. The molecule has 1 aliphatic heterocycles. The molecule has 0 saturated carbocycles. The molecule has 144 valence electrons. The Bertz CT molecular complexity index is 724. The minimum absolute atomic E-state index is 0. The Morgan fingerprint density at radius 3 is 2.96 bits per heavy atom. The third kappa shape index (κ3) is 5.61. The van der Waals surface area contributed by atoms with Crippen molar-refractivity contribution in [2.75, 3.05) is 40.3 Å². The van der Waals surface area contributed by atoms with Crippen molar-refractivity contribution in [2.24, 2.45) is 10.9 Å². The van der Waals surface area contributed by atoms with Crippen LogP contribution >= 0.6 is 24.0 Å². The molecule has 0 radical (unpaired) electrons. The van der Waals surface area contributed by atoms with Gasteiger partial charge in [-0.3, -0.25) is 4.99 Å². The number of aromatic amines is 1. The summed E-state index contributed by atoms with van der Waals surface area (Å²) in [6, 6.07) is 6.59. The second-order valence-electron chi connectivity index (χ2n) is 7.26. The number of H-pyrrole nitrogens is 1. The second kappa shape index (κ2) is 10.2. The summed E-state index contributed by atoms with van der Waals surface area (Å²) in [5.41, 5.74) is 3.86. The number of fused-ring (bicyclic) bond motifs is 1. The number of hydrogen-bond acceptors (Lipinski definition) is 2. The fraction of sp³-hybridized carbons (Fsp3) is 0.550. The number of guanidine groups is 1. The number of likely N-dealkylation sites (tertiary alicyclic amines) is 1. The van der Waals surface area contributed by atoms with Crippen LogP contribution in [0.25, 0.3) is 10.9 Å². The van der Waals surface area contributed by atoms with Crippen LogP contribution in [0.5, 0.6) is 0 Å². The topological polar surface area (TPSA) is 55.5 Å². The Hall–Kier alpha value is -1.28. The zero-order valence-corrected chi connectivity index (χ0v) is 18.5. The average Bonchev–Trinajstić information content (AvgIpc) is 3.00. The molecule has 6 heteroatoms. The van der Waals surface area contributed by atoms with Gasteiger partial charge < -0.3 is 20.5 Å². The van der Waals surface area contributed by atoms with Gasteiger partial charge in [-0.15, -0.1) is 24.0 Å². The van der Waals surface area contributed by atoms with E-state index in [1.807, 2.05) is 7.05 Å². The van der Waals surface area contributed by atoms with Crippen LogP contribution in [0, 0.1) is 12.8 Å². The van der Waals surface area contributed by atoms with Gasteiger partial charge in [0, 0.05) is 43.8 Å². The van der Waals surface area contributed by atoms with Crippen molar-refractivity contribution < 1.29 is 0 Å². The van der Waals surface area contributed by atoms with Gasteiger partial charge in [0.05, 0.1) is 0 Å². The third-order valence-electron chi connectivity index (χ3n) is 5.11. The summed E-state index contributed by atoms with van der Waals surface area (Å²) in [6.45, 7) is 6.41. The van der Waals surface area contributed by atoms with Gasteiger partial charge in [-0.2, -0.15) is 0 Å². The molecule has 1 aromatic heterocycles. The normalized spacial score (nSPS) is 18.6. The first kappa shape index (κ1) is 21.0. The van der Waals surface area contributed by atoms with Crippen molar-refractivity contribution in [3.8, 4) is 0 Å². The summed E-state index contributed by atoms with van der Waals surface area (Å²) in [4.78, 5) is 10.2. The highest BCUT2D eigenvalue weighted by Crippen LogP contribution is 2.19. The maximum absolute atomic E-state index is 4.36. The molecule has 5 nitrogen and oxygen atoms in total. The van der Waals surface area contributed by atoms with Gasteiger partial charge in [0.2, 0.25) is 0 Å². The van der Waals surface area contributed by atoms with Crippen molar-refractivity contribution in [1.29, 1.82) is 0 Å². The number of rotatable bonds is 5. The number of nitrogens with zero attached hydrogens (tertiary/aromatic N) is 2. The lowest BCUT2D eigenvalue weighted by Gasteiger charge is -2.30. The standard InChI is InChI=1S/C20H31N5.HI/c1-15-6-7-18-17(13-23-19(18)11-15)8-9-22-20(21-2)24-12-16-5-4-10-25(3)14-16;/h6-7,11,13,16,23H,4-5,8-10,12,14H2,1-3H3,(H2,21,22,24);1H. The number of aliphatic imine (C=N–C) groups is 1. The molecule has 1 aliphatic rings. The van der Waals surface area contributed by atoms with Crippen LogP contribution in [-0.2, 0) is 6.42 Å². The Kier molecular flexibility index (Phi) is 8.21. The van der Waals surface area contributed by atoms with Crippen LogP contribution in [0.3, 0.4) is 0 Å². The lowest BCUT2D eigenvalue weighted by atomic mass is 9.99. The van der Waals surface area contributed by atoms with Crippen molar-refractivity contribution in [2.45, 2.75) is 26.2 Å². The molecule has 1 fully saturated rings. The summed E-state index contributed by atoms with van der Waals surface area (Å²) >= 11 is 0. The highest BCUT2D eigenvalue weighted by molar-refractivity contribution is 14.0. The molecule has 2 aromatic rings. The predicted octanol–water partition coefficient (Wildman–Crippen LogP) is 3.14. The first-order valence-corrected chi connectivity index (χ1v) is 9.35. The number of nitrogens with one attached hydrogen (secondary N) is 3. The molecule has 0 amide bonds. The number of halogens is 1. The minimum Gasteiger partial charge on any atom is -0.361 e. The first-order chi connectivity index (χ1) is 12.2. The van der Waals surface area contributed by atoms with E-state index in [4.69, 9.17) is 0 Å². The average molecular weight is 469 g/mol. The van der Waals surface area contributed by atoms with E-state index in [9.17, 15) is 0 Å². The van der Waals surface area contributed by atoms with E-state index in [-0.39, 0.29) is 24.0 Å². The maximum atomic E-state index is 4.36. The second-order valence-corrected chi connectivity index (χ2v) is 7.26. The maximum Gasteiger partial charge on any atom is 0.190 e. The molecule has 0 aliphatic carbocycles. The van der Waals surface area contributed by atoms with Gasteiger partial charge in [-0.1, -0.05) is 12.1 Å². The monoisotopic (exact) mass is 469 g/mol. The highest BCUT2D eigenvalue weighted by Gasteiger charge is 2.17. The first-order valence-electron chi connectivity index (χ1n) is 9.35. The van der Waals surface area contributed by atoms with Gasteiger partial charge in [0.15, 0.2) is 5.96 Å². The molecule has 26 heavy (non-hydrogen) atoms. The molecular weight excluding hydrogens is 437 g/mol. The van der Waals surface area contributed by atoms with Crippen LogP contribution in [-0.4, -0.2) is 56.1 Å². The fourth-order valence-corrected chi connectivity index (χ4v) is 3.72. The molecule has 3 rings (SSSR count). The predicted molar refractivity (Wildman–Crippen MR) is 122 cm³/mol. The minimum atomic E-state index is 0. The summed E-state index contributed by atoms with van der Waals surface area (Å²) < 4.78 is 0. The highest BCUT2D eigenvalue weighted by atomic mass is 127. The van der Waals surface area contributed by atoms with Crippen LogP contribution in [0.2, 0.25) is 0 Å². The third-order valence-corrected chi connectivity index (χ3v) is 5.11. The Balaban J connectivity index is 0.00000243. The van der Waals surface area contributed by atoms with Crippen LogP contribution in [0.4, 0.5) is 0 Å². The quantitative estimate of drug-likeness (QED) is 0.358. The van der Waals surface area contributed by atoms with E-state index in [0.29, 0.717) is 5.92 Å². The molecule has 1 saturated heterocycles. The summed E-state index contributed by atoms with van der Waals surface area (Å²) in [5.74, 6) is 1.62. The number of hydrogen-bond donors (Lipinski definition) is 3. The molecule has 1 aromatic carbocycles. The molecule has 3 N–H and O–H groups in total. The van der Waals surface area contributed by atoms with Gasteiger partial charge >= 0.3 is 0 Å². The largest absolute Gasteiger partial charge is 0.361 e. The summed E-state index contributed by atoms with van der Waals surface area (Å²) in [7, 11) is 4.05. The van der Waals surface area contributed by atoms with E-state index in [1.165, 1.54) is 48.0 Å². The summed E-state index contributed by atoms with van der Waals surface area (Å²) in [6.07, 6.45) is 5.72. The Morgan fingerprint density at radius 2 is 2.19 bits per heavy atom. The van der Waals surface area contributed by atoms with Crippen molar-refractivity contribution >= 4 is 40.8 Å². The van der Waals surface area contributed by atoms with Gasteiger partial charge in [-0.05, 0) is 62.9 Å². The van der Waals surface area contributed by atoms with E-state index >= 15 is 0 Å². The van der Waals surface area contributed by atoms with E-state index in [0.717, 1.165) is 25.5 Å². The van der Waals surface area contributed by atoms with Crippen molar-refractivity contribution in [1.82, 2.24) is 20.5 Å². The zero-order chi connectivity index (χ0) is 17.6. The Morgan fingerprint density at radius 1 is 1.35 bits per heavy atom. The Labute approximate surface area is 174 Å². The number of piperidine rings is 1. The van der Waals surface area contributed by atoms with E-state index < -0.39 is 0 Å². The SMILES string of the molecule is CN=C(NCCc1c[nH]c2cc(C)ccc12)NCC1CCCN(C)C1.I. The van der Waals surface area contributed by atoms with Crippen LogP contribution < -0.4 is 10.6 Å². The molecule has 0 spiro atoms. The van der Waals surface area contributed by atoms with Crippen molar-refractivity contribution in [3.63, 3.8) is 0 Å². The molecule has 1 atom stereocenters. The number of aryl methyl sites for hydroxylation is 1. The number of benzene rings is 1. The molecule has 2 heterocycles. The zero-order valence-electron chi connectivity index (χ0n) is 16.1. The van der Waals surface area contributed by atoms with Gasteiger partial charge in [0.1, 0.15) is 0 Å². The van der Waals surface area contributed by atoms with Crippen molar-refractivity contribution in [3.05, 3.63) is 35.5 Å². The molecular formula is C20H32IN5. The lowest BCUT2D eigenvalue weighted by molar-refractivity contribution is 0.210. The summed E-state index contributed by atoms with van der Waals surface area (Å²) in [5, 5.41) is 8.25. The lowest BCUT2D eigenvalue weighted by Crippen LogP contribution is -2.44. The molecule has 0 bridgehead atoms.